The van der Waals surface area contributed by atoms with Gasteiger partial charge in [-0.05, 0) is 36.6 Å². The second kappa shape index (κ2) is 5.63. The fourth-order valence-electron chi connectivity index (χ4n) is 2.16. The van der Waals surface area contributed by atoms with Crippen molar-refractivity contribution in [1.82, 2.24) is 0 Å². The van der Waals surface area contributed by atoms with Crippen LogP contribution in [0, 0.1) is 5.92 Å². The summed E-state index contributed by atoms with van der Waals surface area (Å²) in [6.45, 7) is 0. The minimum atomic E-state index is -0.438. The number of benzene rings is 1. The van der Waals surface area contributed by atoms with Gasteiger partial charge in [-0.25, -0.2) is 0 Å². The Kier molecular flexibility index (Phi) is 3.92. The molecule has 1 aromatic rings. The highest BCUT2D eigenvalue weighted by Crippen LogP contribution is 2.22. The van der Waals surface area contributed by atoms with E-state index in [0.717, 1.165) is 18.4 Å². The Balaban J connectivity index is 2.02. The molecule has 0 amide bonds. The van der Waals surface area contributed by atoms with Crippen molar-refractivity contribution in [3.8, 4) is 5.75 Å². The maximum absolute atomic E-state index is 11.9. The van der Waals surface area contributed by atoms with Crippen molar-refractivity contribution >= 4 is 17.6 Å². The van der Waals surface area contributed by atoms with Crippen LogP contribution in [0.5, 0.6) is 5.75 Å². The predicted molar refractivity (Wildman–Crippen MR) is 69.1 cm³/mol. The molecule has 1 N–H and O–H groups in total. The number of hydrogen-bond acceptors (Lipinski definition) is 3. The second-order valence-corrected chi connectivity index (χ2v) is 4.59. The maximum Gasteiger partial charge on any atom is 0.166 e. The number of allylic oxidation sites excluding steroid dienone is 1. The number of ketones is 2. The van der Waals surface area contributed by atoms with Gasteiger partial charge in [0, 0.05) is 6.42 Å². The molecule has 1 fully saturated rings. The van der Waals surface area contributed by atoms with Gasteiger partial charge in [-0.2, -0.15) is 0 Å². The summed E-state index contributed by atoms with van der Waals surface area (Å²) in [7, 11) is 0. The first kappa shape index (κ1) is 12.6. The fourth-order valence-corrected chi connectivity index (χ4v) is 2.16. The molecule has 1 unspecified atom stereocenters. The molecule has 3 heteroatoms. The number of phenols is 1. The van der Waals surface area contributed by atoms with Crippen LogP contribution in [0.2, 0.25) is 0 Å². The summed E-state index contributed by atoms with van der Waals surface area (Å²) in [5.41, 5.74) is 0.837. The molecule has 18 heavy (non-hydrogen) atoms. The second-order valence-electron chi connectivity index (χ2n) is 4.59. The van der Waals surface area contributed by atoms with Crippen molar-refractivity contribution in [3.05, 3.63) is 35.9 Å². The summed E-state index contributed by atoms with van der Waals surface area (Å²) in [5.74, 6) is -0.276. The minimum Gasteiger partial charge on any atom is -0.508 e. The molecule has 3 nitrogen and oxygen atoms in total. The summed E-state index contributed by atoms with van der Waals surface area (Å²) < 4.78 is 0. The molecule has 0 saturated heterocycles. The van der Waals surface area contributed by atoms with E-state index in [4.69, 9.17) is 5.11 Å². The van der Waals surface area contributed by atoms with E-state index in [2.05, 4.69) is 0 Å². The van der Waals surface area contributed by atoms with Crippen molar-refractivity contribution in [2.24, 2.45) is 5.92 Å². The molecule has 1 aliphatic carbocycles. The van der Waals surface area contributed by atoms with Crippen LogP contribution < -0.4 is 0 Å². The zero-order valence-electron chi connectivity index (χ0n) is 10.1. The SMILES string of the molecule is O=C(C=Cc1ccc(O)cc1)C1CCCCC1=O. The van der Waals surface area contributed by atoms with Crippen LogP contribution in [0.4, 0.5) is 0 Å². The Morgan fingerprint density at radius 2 is 1.94 bits per heavy atom. The van der Waals surface area contributed by atoms with E-state index >= 15 is 0 Å². The molecule has 1 aromatic carbocycles. The third kappa shape index (κ3) is 3.06. The number of carbonyl (C=O) groups is 2. The summed E-state index contributed by atoms with van der Waals surface area (Å²) >= 11 is 0. The highest BCUT2D eigenvalue weighted by atomic mass is 16.3. The average Bonchev–Trinajstić information content (AvgIpc) is 2.38. The van der Waals surface area contributed by atoms with Crippen molar-refractivity contribution in [2.75, 3.05) is 0 Å². The molecule has 1 atom stereocenters. The van der Waals surface area contributed by atoms with Gasteiger partial charge in [-0.15, -0.1) is 0 Å². The Hall–Kier alpha value is -1.90. The number of phenolic OH excluding ortho intramolecular Hbond substituents is 1. The Labute approximate surface area is 106 Å². The largest absolute Gasteiger partial charge is 0.508 e. The monoisotopic (exact) mass is 244 g/mol. The highest BCUT2D eigenvalue weighted by molar-refractivity contribution is 6.09. The Morgan fingerprint density at radius 1 is 1.22 bits per heavy atom. The molecule has 0 radical (unpaired) electrons. The van der Waals surface area contributed by atoms with Crippen LogP contribution in [0.15, 0.2) is 30.3 Å². The van der Waals surface area contributed by atoms with E-state index in [1.54, 1.807) is 30.3 Å². The van der Waals surface area contributed by atoms with Gasteiger partial charge in [-0.3, -0.25) is 9.59 Å². The van der Waals surface area contributed by atoms with Crippen LogP contribution in [-0.4, -0.2) is 16.7 Å². The van der Waals surface area contributed by atoms with E-state index in [1.165, 1.54) is 6.08 Å². The standard InChI is InChI=1S/C15H16O3/c16-12-8-5-11(6-9-12)7-10-15(18)13-3-1-2-4-14(13)17/h5-10,13,16H,1-4H2. The van der Waals surface area contributed by atoms with Crippen molar-refractivity contribution in [1.29, 1.82) is 0 Å². The van der Waals surface area contributed by atoms with Gasteiger partial charge in [-0.1, -0.05) is 24.6 Å². The first-order valence-corrected chi connectivity index (χ1v) is 6.20. The van der Waals surface area contributed by atoms with Crippen LogP contribution in [0.3, 0.4) is 0 Å². The van der Waals surface area contributed by atoms with Crippen molar-refractivity contribution in [3.63, 3.8) is 0 Å². The van der Waals surface area contributed by atoms with Crippen molar-refractivity contribution < 1.29 is 14.7 Å². The normalized spacial score (nSPS) is 20.2. The first-order valence-electron chi connectivity index (χ1n) is 6.20. The molecule has 1 saturated carbocycles. The lowest BCUT2D eigenvalue weighted by Crippen LogP contribution is -2.25. The smallest absolute Gasteiger partial charge is 0.166 e. The average molecular weight is 244 g/mol. The molecule has 2 rings (SSSR count). The van der Waals surface area contributed by atoms with E-state index in [-0.39, 0.29) is 17.3 Å². The molecular weight excluding hydrogens is 228 g/mol. The topological polar surface area (TPSA) is 54.4 Å². The van der Waals surface area contributed by atoms with Crippen LogP contribution in [-0.2, 0) is 9.59 Å². The van der Waals surface area contributed by atoms with Crippen LogP contribution in [0.25, 0.3) is 6.08 Å². The highest BCUT2D eigenvalue weighted by Gasteiger charge is 2.26. The molecular formula is C15H16O3. The molecule has 94 valence electrons. The quantitative estimate of drug-likeness (QED) is 0.657. The third-order valence-corrected chi connectivity index (χ3v) is 3.23. The molecule has 0 spiro atoms. The van der Waals surface area contributed by atoms with Gasteiger partial charge in [0.15, 0.2) is 5.78 Å². The van der Waals surface area contributed by atoms with E-state index in [1.807, 2.05) is 0 Å². The number of Topliss-reactive ketones (excluding diaryl/α,β-unsaturated/α-hetero) is 1. The van der Waals surface area contributed by atoms with Gasteiger partial charge in [0.25, 0.3) is 0 Å². The fraction of sp³-hybridized carbons (Fsp3) is 0.333. The van der Waals surface area contributed by atoms with Gasteiger partial charge in [0.1, 0.15) is 11.5 Å². The molecule has 0 heterocycles. The first-order chi connectivity index (χ1) is 8.66. The Morgan fingerprint density at radius 3 is 2.61 bits per heavy atom. The molecule has 1 aliphatic rings. The summed E-state index contributed by atoms with van der Waals surface area (Å²) in [4.78, 5) is 23.5. The van der Waals surface area contributed by atoms with Gasteiger partial charge >= 0.3 is 0 Å². The van der Waals surface area contributed by atoms with E-state index in [0.29, 0.717) is 12.8 Å². The van der Waals surface area contributed by atoms with Crippen LogP contribution >= 0.6 is 0 Å². The van der Waals surface area contributed by atoms with E-state index < -0.39 is 5.92 Å². The maximum atomic E-state index is 11.9. The molecule has 0 bridgehead atoms. The number of aromatic hydroxyl groups is 1. The zero-order chi connectivity index (χ0) is 13.0. The number of carbonyl (C=O) groups excluding carboxylic acids is 2. The lowest BCUT2D eigenvalue weighted by atomic mass is 9.85. The lowest BCUT2D eigenvalue weighted by Gasteiger charge is -2.17. The van der Waals surface area contributed by atoms with Gasteiger partial charge in [0.05, 0.1) is 5.92 Å². The number of hydrogen-bond donors (Lipinski definition) is 1. The number of rotatable bonds is 3. The zero-order valence-corrected chi connectivity index (χ0v) is 10.1. The van der Waals surface area contributed by atoms with Gasteiger partial charge < -0.3 is 5.11 Å². The summed E-state index contributed by atoms with van der Waals surface area (Å²) in [6.07, 6.45) is 6.23. The van der Waals surface area contributed by atoms with Crippen molar-refractivity contribution in [2.45, 2.75) is 25.7 Å². The van der Waals surface area contributed by atoms with Gasteiger partial charge in [0.2, 0.25) is 0 Å². The Bertz CT molecular complexity index is 471. The minimum absolute atomic E-state index is 0.0709. The summed E-state index contributed by atoms with van der Waals surface area (Å²) in [6, 6.07) is 6.58. The third-order valence-electron chi connectivity index (χ3n) is 3.23. The molecule has 0 aliphatic heterocycles. The lowest BCUT2D eigenvalue weighted by molar-refractivity contribution is -0.131. The predicted octanol–water partition coefficient (Wildman–Crippen LogP) is 2.73. The summed E-state index contributed by atoms with van der Waals surface area (Å²) in [5, 5.41) is 9.14. The molecule has 0 aromatic heterocycles. The van der Waals surface area contributed by atoms with Crippen LogP contribution in [0.1, 0.15) is 31.2 Å². The van der Waals surface area contributed by atoms with E-state index in [9.17, 15) is 9.59 Å².